The van der Waals surface area contributed by atoms with Gasteiger partial charge in [-0.2, -0.15) is 0 Å². The van der Waals surface area contributed by atoms with Crippen LogP contribution in [0.15, 0.2) is 26.2 Å². The first-order valence-corrected chi connectivity index (χ1v) is 10.4. The molecule has 1 fully saturated rings. The number of rotatable bonds is 5. The van der Waals surface area contributed by atoms with Gasteiger partial charge in [-0.3, -0.25) is 14.4 Å². The van der Waals surface area contributed by atoms with E-state index in [-0.39, 0.29) is 58.7 Å². The number of phenolic OH excluding ortho intramolecular Hbond substituents is 1. The smallest absolute Gasteiger partial charge is 0.650 e. The Hall–Kier alpha value is -1.75. The maximum absolute atomic E-state index is 12.4. The standard InChI is InChI=1S/C21H26BrN3O4.Li/c1-21(2)10-6-5-7-13(21)24-16-15(18(27)19(16)28)23-12-9-8-11(22)14(17(12)26)20(29)25(3)4;/h8-9,13H,5-7,10H2,1-4H3,(H3,23,24,26,27,28,29);/q;+1/p-1. The van der Waals surface area contributed by atoms with Gasteiger partial charge >= 0.3 is 18.9 Å². The van der Waals surface area contributed by atoms with Crippen LogP contribution < -0.4 is 35.0 Å². The van der Waals surface area contributed by atoms with E-state index in [4.69, 9.17) is 0 Å². The monoisotopic (exact) mass is 469 g/mol. The molecule has 1 aliphatic carbocycles. The molecule has 1 atom stereocenters. The maximum atomic E-state index is 12.4. The van der Waals surface area contributed by atoms with Crippen molar-refractivity contribution in [2.45, 2.75) is 45.6 Å². The van der Waals surface area contributed by atoms with E-state index in [0.717, 1.165) is 25.7 Å². The Morgan fingerprint density at radius 3 is 2.50 bits per heavy atom. The van der Waals surface area contributed by atoms with E-state index < -0.39 is 16.8 Å². The molecule has 0 radical (unpaired) electrons. The van der Waals surface area contributed by atoms with Gasteiger partial charge in [0.15, 0.2) is 0 Å². The zero-order valence-corrected chi connectivity index (χ0v) is 19.6. The quantitative estimate of drug-likeness (QED) is 0.505. The SMILES string of the molecule is CN(C)C(=O)c1c(Br)ccc([N-]c2c(NC3CCCCC3(C)C)c(=O)c2=O)c1O.[Li+]. The fraction of sp³-hybridized carbons (Fsp3) is 0.476. The molecule has 2 aromatic carbocycles. The number of hydrogen-bond donors (Lipinski definition) is 2. The van der Waals surface area contributed by atoms with E-state index in [1.54, 1.807) is 20.2 Å². The first-order chi connectivity index (χ1) is 13.5. The van der Waals surface area contributed by atoms with Crippen LogP contribution in [0.3, 0.4) is 0 Å². The van der Waals surface area contributed by atoms with Gasteiger partial charge in [0.25, 0.3) is 5.91 Å². The Kier molecular flexibility index (Phi) is 7.49. The summed E-state index contributed by atoms with van der Waals surface area (Å²) in [5.74, 6) is -0.742. The molecule has 156 valence electrons. The number of benzene rings is 1. The molecular weight excluding hydrogens is 445 g/mol. The van der Waals surface area contributed by atoms with Crippen molar-refractivity contribution in [1.29, 1.82) is 0 Å². The first kappa shape index (κ1) is 24.5. The largest absolute Gasteiger partial charge is 1.00 e. The van der Waals surface area contributed by atoms with Gasteiger partial charge < -0.3 is 20.6 Å². The molecule has 0 spiro atoms. The number of halogens is 1. The summed E-state index contributed by atoms with van der Waals surface area (Å²) in [6.07, 6.45) is 4.16. The number of nitrogens with one attached hydrogen (secondary N) is 1. The van der Waals surface area contributed by atoms with Gasteiger partial charge in [-0.15, -0.1) is 0 Å². The van der Waals surface area contributed by atoms with Crippen molar-refractivity contribution >= 4 is 38.9 Å². The molecule has 0 bridgehead atoms. The summed E-state index contributed by atoms with van der Waals surface area (Å²) < 4.78 is 0.417. The van der Waals surface area contributed by atoms with E-state index in [0.29, 0.717) is 4.47 Å². The van der Waals surface area contributed by atoms with Crippen molar-refractivity contribution in [2.24, 2.45) is 5.41 Å². The zero-order valence-electron chi connectivity index (χ0n) is 18.0. The second kappa shape index (κ2) is 9.17. The number of carbonyl (C=O) groups excluding carboxylic acids is 1. The number of carbonyl (C=O) groups is 1. The predicted molar refractivity (Wildman–Crippen MR) is 118 cm³/mol. The van der Waals surface area contributed by atoms with Gasteiger partial charge in [0.05, 0.1) is 11.3 Å². The second-order valence-electron chi connectivity index (χ2n) is 8.41. The molecule has 2 aromatic rings. The van der Waals surface area contributed by atoms with Gasteiger partial charge in [-0.1, -0.05) is 44.1 Å². The van der Waals surface area contributed by atoms with E-state index in [1.165, 1.54) is 11.0 Å². The van der Waals surface area contributed by atoms with Crippen molar-refractivity contribution < 1.29 is 28.8 Å². The van der Waals surface area contributed by atoms with Gasteiger partial charge in [0.2, 0.25) is 10.9 Å². The third-order valence-electron chi connectivity index (χ3n) is 5.67. The number of phenols is 1. The number of aromatic hydroxyl groups is 1. The summed E-state index contributed by atoms with van der Waals surface area (Å²) >= 11 is 3.26. The zero-order chi connectivity index (χ0) is 21.5. The summed E-state index contributed by atoms with van der Waals surface area (Å²) in [7, 11) is 3.14. The molecule has 30 heavy (non-hydrogen) atoms. The molecule has 0 aromatic heterocycles. The molecule has 1 unspecified atom stereocenters. The van der Waals surface area contributed by atoms with Crippen LogP contribution in [-0.4, -0.2) is 36.1 Å². The van der Waals surface area contributed by atoms with Gasteiger partial charge in [-0.25, -0.2) is 0 Å². The summed E-state index contributed by atoms with van der Waals surface area (Å²) in [6, 6.07) is 3.15. The fourth-order valence-electron chi connectivity index (χ4n) is 3.75. The van der Waals surface area contributed by atoms with Crippen LogP contribution >= 0.6 is 15.9 Å². The topological polar surface area (TPSA) is 101 Å². The van der Waals surface area contributed by atoms with Crippen molar-refractivity contribution in [3.8, 4) is 5.75 Å². The first-order valence-electron chi connectivity index (χ1n) is 9.59. The van der Waals surface area contributed by atoms with E-state index in [1.807, 2.05) is 0 Å². The Morgan fingerprint density at radius 1 is 1.23 bits per heavy atom. The molecule has 1 aliphatic rings. The van der Waals surface area contributed by atoms with E-state index in [9.17, 15) is 19.5 Å². The average molecular weight is 470 g/mol. The van der Waals surface area contributed by atoms with Crippen LogP contribution in [-0.2, 0) is 0 Å². The maximum Gasteiger partial charge on any atom is 1.00 e. The summed E-state index contributed by atoms with van der Waals surface area (Å²) in [5.41, 5.74) is -0.972. The predicted octanol–water partition coefficient (Wildman–Crippen LogP) is 1.17. The normalized spacial score (nSPS) is 17.8. The molecule has 0 aliphatic heterocycles. The summed E-state index contributed by atoms with van der Waals surface area (Å²) in [4.78, 5) is 38.1. The van der Waals surface area contributed by atoms with Crippen molar-refractivity contribution in [3.63, 3.8) is 0 Å². The molecule has 3 rings (SSSR count). The Morgan fingerprint density at radius 2 is 1.90 bits per heavy atom. The number of hydrogen-bond acceptors (Lipinski definition) is 5. The molecule has 0 saturated heterocycles. The molecule has 0 heterocycles. The fourth-order valence-corrected chi connectivity index (χ4v) is 4.24. The Labute approximate surface area is 196 Å². The summed E-state index contributed by atoms with van der Waals surface area (Å²) in [5, 5.41) is 18.1. The van der Waals surface area contributed by atoms with Crippen LogP contribution in [0.2, 0.25) is 0 Å². The summed E-state index contributed by atoms with van der Waals surface area (Å²) in [6.45, 7) is 4.29. The van der Waals surface area contributed by atoms with Gasteiger partial charge in [-0.05, 0) is 40.3 Å². The number of nitrogens with zero attached hydrogens (tertiary/aromatic N) is 2. The van der Waals surface area contributed by atoms with E-state index in [2.05, 4.69) is 40.4 Å². The minimum atomic E-state index is -0.691. The number of anilines is 1. The minimum absolute atomic E-state index is 0. The molecule has 7 nitrogen and oxygen atoms in total. The second-order valence-corrected chi connectivity index (χ2v) is 9.27. The third kappa shape index (κ3) is 4.46. The van der Waals surface area contributed by atoms with Crippen LogP contribution in [0.4, 0.5) is 17.1 Å². The van der Waals surface area contributed by atoms with Crippen LogP contribution in [0, 0.1) is 5.41 Å². The van der Waals surface area contributed by atoms with Gasteiger partial charge in [0, 0.05) is 24.6 Å². The van der Waals surface area contributed by atoms with Gasteiger partial charge in [0.1, 0.15) is 5.75 Å². The molecular formula is C21H25BrLiN3O4. The molecule has 9 heteroatoms. The Balaban J connectivity index is 0.00000320. The van der Waals surface area contributed by atoms with Crippen LogP contribution in [0.25, 0.3) is 5.32 Å². The average Bonchev–Trinajstić information content (AvgIpc) is 2.66. The minimum Gasteiger partial charge on any atom is -0.650 e. The third-order valence-corrected chi connectivity index (χ3v) is 6.33. The van der Waals surface area contributed by atoms with E-state index >= 15 is 0 Å². The Bertz CT molecular complexity index is 1030. The van der Waals surface area contributed by atoms with Crippen molar-refractivity contribution in [1.82, 2.24) is 4.90 Å². The molecule has 1 amide bonds. The molecule has 2 N–H and O–H groups in total. The van der Waals surface area contributed by atoms with Crippen molar-refractivity contribution in [3.05, 3.63) is 47.9 Å². The van der Waals surface area contributed by atoms with Crippen molar-refractivity contribution in [2.75, 3.05) is 19.4 Å². The van der Waals surface area contributed by atoms with Crippen LogP contribution in [0.5, 0.6) is 5.75 Å². The van der Waals surface area contributed by atoms with Crippen LogP contribution in [0.1, 0.15) is 49.9 Å². The number of amides is 1. The molecule has 1 saturated carbocycles.